The molecule has 2 saturated heterocycles. The van der Waals surface area contributed by atoms with Crippen LogP contribution in [0.2, 0.25) is 0 Å². The van der Waals surface area contributed by atoms with E-state index in [1.54, 1.807) is 29.2 Å². The molecule has 2 N–H and O–H groups in total. The van der Waals surface area contributed by atoms with Crippen LogP contribution in [0.25, 0.3) is 0 Å². The minimum Gasteiger partial charge on any atom is -0.370 e. The summed E-state index contributed by atoms with van der Waals surface area (Å²) in [6.07, 6.45) is 8.79. The molecule has 8 bridgehead atoms. The second kappa shape index (κ2) is 9.79. The lowest BCUT2D eigenvalue weighted by Gasteiger charge is -2.45. The number of amides is 3. The molecule has 2 unspecified atom stereocenters. The van der Waals surface area contributed by atoms with Crippen molar-refractivity contribution in [3.8, 4) is 0 Å². The van der Waals surface area contributed by atoms with Crippen LogP contribution >= 0.6 is 0 Å². The summed E-state index contributed by atoms with van der Waals surface area (Å²) < 4.78 is 28.8. The number of pyridine rings is 2. The third-order valence-corrected chi connectivity index (χ3v) is 12.6. The quantitative estimate of drug-likeness (QED) is 0.512. The fourth-order valence-electron chi connectivity index (χ4n) is 9.71. The van der Waals surface area contributed by atoms with Crippen LogP contribution in [0.4, 0.5) is 22.2 Å². The Labute approximate surface area is 258 Å². The number of carbonyl (C=O) groups is 2. The van der Waals surface area contributed by atoms with Crippen LogP contribution in [-0.2, 0) is 10.0 Å². The van der Waals surface area contributed by atoms with Crippen molar-refractivity contribution in [1.29, 1.82) is 0 Å². The maximum atomic E-state index is 14.0. The lowest BCUT2D eigenvalue weighted by molar-refractivity contribution is 0.0777. The number of urea groups is 1. The molecule has 3 atom stereocenters. The van der Waals surface area contributed by atoms with Crippen LogP contribution in [0, 0.1) is 23.7 Å². The SMILES string of the molecule is CC1(C)C[C@@H]2CCCNc3cccc(n3)S(=O)(=O)NC(=O)c3ccc(N4CCN(C56CC7CC(C5)C(C7)C6)C4=O)nc3N1C2. The van der Waals surface area contributed by atoms with Gasteiger partial charge in [-0.1, -0.05) is 6.07 Å². The van der Waals surface area contributed by atoms with Crippen molar-refractivity contribution in [2.45, 2.75) is 81.3 Å². The van der Waals surface area contributed by atoms with E-state index in [-0.39, 0.29) is 27.7 Å². The summed E-state index contributed by atoms with van der Waals surface area (Å²) in [5.74, 6) is 3.26. The van der Waals surface area contributed by atoms with Crippen molar-refractivity contribution in [2.24, 2.45) is 23.7 Å². The van der Waals surface area contributed by atoms with E-state index >= 15 is 0 Å². The monoisotopic (exact) mass is 619 g/mol. The minimum absolute atomic E-state index is 0.000542. The van der Waals surface area contributed by atoms with Gasteiger partial charge in [-0.3, -0.25) is 9.69 Å². The fraction of sp³-hybridized carbons (Fsp3) is 0.625. The number of sulfonamides is 1. The van der Waals surface area contributed by atoms with Gasteiger partial charge < -0.3 is 15.1 Å². The lowest BCUT2D eigenvalue weighted by Crippen LogP contribution is -2.52. The molecule has 4 aliphatic carbocycles. The van der Waals surface area contributed by atoms with Crippen molar-refractivity contribution in [3.05, 3.63) is 35.9 Å². The molecule has 0 radical (unpaired) electrons. The Bertz CT molecular complexity index is 1630. The van der Waals surface area contributed by atoms with Crippen LogP contribution in [-0.4, -0.2) is 72.5 Å². The number of hydrogen-bond acceptors (Lipinski definition) is 8. The van der Waals surface area contributed by atoms with Gasteiger partial charge in [0.2, 0.25) is 0 Å². The maximum absolute atomic E-state index is 14.0. The zero-order valence-electron chi connectivity index (χ0n) is 25.5. The molecule has 3 aliphatic heterocycles. The van der Waals surface area contributed by atoms with Gasteiger partial charge >= 0.3 is 6.03 Å². The summed E-state index contributed by atoms with van der Waals surface area (Å²) in [4.78, 5) is 43.1. The number of fused-ring (bicyclic) bond motifs is 6. The highest BCUT2D eigenvalue weighted by Crippen LogP contribution is 2.62. The van der Waals surface area contributed by atoms with Gasteiger partial charge in [0.05, 0.1) is 5.56 Å². The number of aromatic nitrogens is 2. The predicted octanol–water partition coefficient (Wildman–Crippen LogP) is 4.23. The molecule has 0 spiro atoms. The zero-order chi connectivity index (χ0) is 30.4. The van der Waals surface area contributed by atoms with E-state index in [1.165, 1.54) is 18.9 Å². The summed E-state index contributed by atoms with van der Waals surface area (Å²) >= 11 is 0. The number of anilines is 3. The number of hydrogen-bond donors (Lipinski definition) is 2. The molecule has 9 rings (SSSR count). The summed E-state index contributed by atoms with van der Waals surface area (Å²) in [5, 5.41) is 3.00. The molecule has 2 aromatic rings. The molecule has 6 fully saturated rings. The highest BCUT2D eigenvalue weighted by Gasteiger charge is 2.60. The highest BCUT2D eigenvalue weighted by atomic mass is 32.2. The summed E-state index contributed by atoms with van der Waals surface area (Å²) in [6.45, 7) is 6.87. The van der Waals surface area contributed by atoms with Crippen LogP contribution in [0.5, 0.6) is 0 Å². The number of rotatable bonds is 2. The third-order valence-electron chi connectivity index (χ3n) is 11.4. The smallest absolute Gasteiger partial charge is 0.326 e. The first-order valence-corrected chi connectivity index (χ1v) is 17.7. The van der Waals surface area contributed by atoms with Crippen LogP contribution in [0.3, 0.4) is 0 Å². The van der Waals surface area contributed by atoms with E-state index in [9.17, 15) is 18.0 Å². The van der Waals surface area contributed by atoms with Crippen LogP contribution in [0.1, 0.15) is 75.6 Å². The van der Waals surface area contributed by atoms with E-state index in [4.69, 9.17) is 4.98 Å². The van der Waals surface area contributed by atoms with Gasteiger partial charge in [-0.15, -0.1) is 0 Å². The lowest BCUT2D eigenvalue weighted by atomic mass is 9.75. The van der Waals surface area contributed by atoms with Crippen molar-refractivity contribution < 1.29 is 18.0 Å². The van der Waals surface area contributed by atoms with Crippen molar-refractivity contribution in [2.75, 3.05) is 41.3 Å². The van der Waals surface area contributed by atoms with Crippen LogP contribution < -0.4 is 19.8 Å². The van der Waals surface area contributed by atoms with Gasteiger partial charge in [-0.2, -0.15) is 8.42 Å². The first kappa shape index (κ1) is 28.1. The topological polar surface area (TPSA) is 128 Å². The molecule has 44 heavy (non-hydrogen) atoms. The van der Waals surface area contributed by atoms with Crippen molar-refractivity contribution in [3.63, 3.8) is 0 Å². The number of carbonyl (C=O) groups excluding carboxylic acids is 2. The Kier molecular flexibility index (Phi) is 6.25. The van der Waals surface area contributed by atoms with E-state index in [0.717, 1.165) is 56.3 Å². The molecule has 5 heterocycles. The van der Waals surface area contributed by atoms with Gasteiger partial charge in [0.15, 0.2) is 5.03 Å². The van der Waals surface area contributed by atoms with E-state index in [2.05, 4.69) is 38.7 Å². The second-order valence-corrected chi connectivity index (χ2v) is 16.3. The van der Waals surface area contributed by atoms with Crippen molar-refractivity contribution in [1.82, 2.24) is 19.6 Å². The van der Waals surface area contributed by atoms with E-state index in [1.807, 2.05) is 0 Å². The van der Waals surface area contributed by atoms with Gasteiger partial charge in [0.1, 0.15) is 17.5 Å². The second-order valence-electron chi connectivity index (χ2n) is 14.7. The molecule has 12 heteroatoms. The summed E-state index contributed by atoms with van der Waals surface area (Å²) in [6, 6.07) is 8.04. The molecule has 7 aliphatic rings. The van der Waals surface area contributed by atoms with E-state index in [0.29, 0.717) is 49.6 Å². The third kappa shape index (κ3) is 4.46. The largest absolute Gasteiger partial charge is 0.370 e. The Morgan fingerprint density at radius 1 is 0.909 bits per heavy atom. The minimum atomic E-state index is -4.24. The predicted molar refractivity (Wildman–Crippen MR) is 166 cm³/mol. The molecule has 234 valence electrons. The number of nitrogens with one attached hydrogen (secondary N) is 2. The Hall–Kier alpha value is -3.41. The first-order valence-electron chi connectivity index (χ1n) is 16.2. The average Bonchev–Trinajstić information content (AvgIpc) is 3.67. The normalized spacial score (nSPS) is 33.5. The molecular weight excluding hydrogens is 578 g/mol. The van der Waals surface area contributed by atoms with Gasteiger partial charge in [0, 0.05) is 37.3 Å². The maximum Gasteiger partial charge on any atom is 0.326 e. The fourth-order valence-corrected chi connectivity index (χ4v) is 10.6. The van der Waals surface area contributed by atoms with Crippen LogP contribution in [0.15, 0.2) is 35.4 Å². The first-order chi connectivity index (χ1) is 21.0. The summed E-state index contributed by atoms with van der Waals surface area (Å²) in [5.41, 5.74) is -0.168. The molecule has 3 amide bonds. The van der Waals surface area contributed by atoms with E-state index < -0.39 is 15.9 Å². The van der Waals surface area contributed by atoms with Gasteiger partial charge in [-0.05, 0) is 113 Å². The highest BCUT2D eigenvalue weighted by molar-refractivity contribution is 7.90. The number of nitrogens with zero attached hydrogens (tertiary/aromatic N) is 5. The molecule has 11 nitrogen and oxygen atoms in total. The molecule has 0 aromatic carbocycles. The Morgan fingerprint density at radius 2 is 1.70 bits per heavy atom. The average molecular weight is 620 g/mol. The Balaban J connectivity index is 1.15. The van der Waals surface area contributed by atoms with Gasteiger partial charge in [-0.25, -0.2) is 19.5 Å². The molecule has 2 aromatic heterocycles. The van der Waals surface area contributed by atoms with Crippen molar-refractivity contribution >= 4 is 39.4 Å². The molecule has 4 saturated carbocycles. The Morgan fingerprint density at radius 3 is 2.48 bits per heavy atom. The van der Waals surface area contributed by atoms with Gasteiger partial charge in [0.25, 0.3) is 15.9 Å². The standard InChI is InChI=1S/C32H41N7O4S/c1-31(2)15-20-5-4-10-33-25-6-3-7-27(34-25)44(42,43)36-29(40)24-8-9-26(35-28(24)39(31)19-20)37-11-12-38(30(37)41)32-16-21-13-22(17-32)23(14-21)18-32/h3,6-9,20-23H,4-5,10-19H2,1-2H3,(H,33,34)(H,36,40)/t20-,21?,22?,23?,32?/m0/s1. The summed E-state index contributed by atoms with van der Waals surface area (Å²) in [7, 11) is -4.24. The molecular formula is C32H41N7O4S. The zero-order valence-corrected chi connectivity index (χ0v) is 26.3.